The highest BCUT2D eigenvalue weighted by Gasteiger charge is 2.15. The summed E-state index contributed by atoms with van der Waals surface area (Å²) in [5, 5.41) is 3.08. The highest BCUT2D eigenvalue weighted by Crippen LogP contribution is 2.08. The molecule has 0 saturated carbocycles. The van der Waals surface area contributed by atoms with E-state index >= 15 is 0 Å². The average molecular weight is 311 g/mol. The molecule has 3 N–H and O–H groups in total. The van der Waals surface area contributed by atoms with Crippen LogP contribution in [-0.4, -0.2) is 80.7 Å². The van der Waals surface area contributed by atoms with E-state index in [4.69, 9.17) is 10.5 Å². The lowest BCUT2D eigenvalue weighted by atomic mass is 10.1. The normalized spacial score (nSPS) is 20.9. The van der Waals surface area contributed by atoms with Crippen LogP contribution in [0.15, 0.2) is 4.99 Å². The van der Waals surface area contributed by atoms with Crippen molar-refractivity contribution in [2.45, 2.75) is 25.7 Å². The van der Waals surface area contributed by atoms with Crippen LogP contribution in [0.4, 0.5) is 0 Å². The van der Waals surface area contributed by atoms with Crippen LogP contribution in [0.5, 0.6) is 0 Å². The molecule has 0 aromatic rings. The number of hydrogen-bond acceptors (Lipinski definition) is 4. The quantitative estimate of drug-likeness (QED) is 0.397. The summed E-state index contributed by atoms with van der Waals surface area (Å²) in [6, 6.07) is 0. The van der Waals surface area contributed by atoms with Crippen molar-refractivity contribution in [3.8, 4) is 0 Å². The number of carbonyl (C=O) groups excluding carboxylic acids is 1. The van der Waals surface area contributed by atoms with Gasteiger partial charge < -0.3 is 20.7 Å². The molecule has 0 aromatic carbocycles. The summed E-state index contributed by atoms with van der Waals surface area (Å²) in [5.74, 6) is 0.449. The second kappa shape index (κ2) is 9.63. The number of guanidine groups is 1. The summed E-state index contributed by atoms with van der Waals surface area (Å²) in [6.07, 6.45) is 4.44. The summed E-state index contributed by atoms with van der Waals surface area (Å²) in [4.78, 5) is 20.4. The van der Waals surface area contributed by atoms with Gasteiger partial charge in [0.15, 0.2) is 5.96 Å². The molecule has 22 heavy (non-hydrogen) atoms. The van der Waals surface area contributed by atoms with Gasteiger partial charge in [-0.1, -0.05) is 0 Å². The standard InChI is InChI=1S/C15H29N5O2/c16-15(17-5-4-6-19-9-11-22-12-10-19)18-13-14(21)20-7-2-1-3-8-20/h1-13H2,(H3,16,17,18). The molecule has 126 valence electrons. The van der Waals surface area contributed by atoms with Crippen LogP contribution in [0.3, 0.4) is 0 Å². The van der Waals surface area contributed by atoms with Crippen molar-refractivity contribution in [3.63, 3.8) is 0 Å². The van der Waals surface area contributed by atoms with Crippen molar-refractivity contribution in [2.75, 3.05) is 59.0 Å². The number of morpholine rings is 1. The minimum atomic E-state index is 0.0813. The number of nitrogens with two attached hydrogens (primary N) is 1. The van der Waals surface area contributed by atoms with Crippen molar-refractivity contribution in [3.05, 3.63) is 0 Å². The first-order chi connectivity index (χ1) is 10.8. The van der Waals surface area contributed by atoms with Crippen molar-refractivity contribution in [1.82, 2.24) is 15.1 Å². The number of nitrogens with zero attached hydrogens (tertiary/aromatic N) is 3. The fraction of sp³-hybridized carbons (Fsp3) is 0.867. The third-order valence-corrected chi connectivity index (χ3v) is 4.15. The molecule has 2 saturated heterocycles. The number of carbonyl (C=O) groups is 1. The first-order valence-corrected chi connectivity index (χ1v) is 8.37. The van der Waals surface area contributed by atoms with Crippen molar-refractivity contribution < 1.29 is 9.53 Å². The van der Waals surface area contributed by atoms with Gasteiger partial charge in [0, 0.05) is 32.7 Å². The van der Waals surface area contributed by atoms with E-state index in [0.717, 1.165) is 71.7 Å². The lowest BCUT2D eigenvalue weighted by Gasteiger charge is -2.26. The first kappa shape index (κ1) is 17.0. The van der Waals surface area contributed by atoms with Crippen LogP contribution >= 0.6 is 0 Å². The van der Waals surface area contributed by atoms with E-state index in [2.05, 4.69) is 15.2 Å². The molecule has 2 fully saturated rings. The Bertz CT molecular complexity index is 363. The molecule has 7 heteroatoms. The molecule has 0 unspecified atom stereocenters. The molecule has 0 spiro atoms. The van der Waals surface area contributed by atoms with Crippen molar-refractivity contribution in [2.24, 2.45) is 10.7 Å². The van der Waals surface area contributed by atoms with E-state index in [9.17, 15) is 4.79 Å². The predicted molar refractivity (Wildman–Crippen MR) is 86.8 cm³/mol. The molecular formula is C15H29N5O2. The fourth-order valence-electron chi connectivity index (χ4n) is 2.80. The third-order valence-electron chi connectivity index (χ3n) is 4.15. The third kappa shape index (κ3) is 6.19. The highest BCUT2D eigenvalue weighted by molar-refractivity contribution is 5.84. The zero-order chi connectivity index (χ0) is 15.6. The lowest BCUT2D eigenvalue weighted by Crippen LogP contribution is -2.40. The molecule has 2 rings (SSSR count). The van der Waals surface area contributed by atoms with Gasteiger partial charge in [-0.05, 0) is 32.2 Å². The van der Waals surface area contributed by atoms with Gasteiger partial charge >= 0.3 is 0 Å². The molecule has 2 aliphatic rings. The van der Waals surface area contributed by atoms with Gasteiger partial charge in [0.05, 0.1) is 13.2 Å². The molecule has 7 nitrogen and oxygen atoms in total. The Morgan fingerprint density at radius 1 is 1.14 bits per heavy atom. The monoisotopic (exact) mass is 311 g/mol. The molecule has 0 aromatic heterocycles. The van der Waals surface area contributed by atoms with Gasteiger partial charge in [0.25, 0.3) is 0 Å². The molecule has 2 heterocycles. The highest BCUT2D eigenvalue weighted by atomic mass is 16.5. The molecule has 1 amide bonds. The zero-order valence-electron chi connectivity index (χ0n) is 13.4. The number of piperidine rings is 1. The second-order valence-electron chi connectivity index (χ2n) is 5.88. The maximum Gasteiger partial charge on any atom is 0.244 e. The van der Waals surface area contributed by atoms with E-state index in [0.29, 0.717) is 5.96 Å². The Balaban J connectivity index is 1.55. The van der Waals surface area contributed by atoms with Crippen LogP contribution in [0.2, 0.25) is 0 Å². The minimum Gasteiger partial charge on any atom is -0.379 e. The number of ether oxygens (including phenoxy) is 1. The Morgan fingerprint density at radius 3 is 2.59 bits per heavy atom. The Kier molecular flexibility index (Phi) is 7.45. The number of amides is 1. The largest absolute Gasteiger partial charge is 0.379 e. The van der Waals surface area contributed by atoms with Gasteiger partial charge in [0.2, 0.25) is 5.91 Å². The lowest BCUT2D eigenvalue weighted by molar-refractivity contribution is -0.130. The number of nitrogens with one attached hydrogen (secondary N) is 1. The summed E-state index contributed by atoms with van der Waals surface area (Å²) in [5.41, 5.74) is 5.81. The Labute approximate surface area is 132 Å². The molecule has 0 radical (unpaired) electrons. The topological polar surface area (TPSA) is 83.2 Å². The van der Waals surface area contributed by atoms with E-state index in [-0.39, 0.29) is 12.5 Å². The maximum atomic E-state index is 12.0. The fourth-order valence-corrected chi connectivity index (χ4v) is 2.80. The van der Waals surface area contributed by atoms with E-state index < -0.39 is 0 Å². The predicted octanol–water partition coefficient (Wildman–Crippen LogP) is -0.374. The molecule has 0 bridgehead atoms. The van der Waals surface area contributed by atoms with Crippen molar-refractivity contribution >= 4 is 11.9 Å². The molecule has 0 aliphatic carbocycles. The summed E-state index contributed by atoms with van der Waals surface area (Å²) in [6.45, 7) is 7.37. The van der Waals surface area contributed by atoms with Crippen molar-refractivity contribution in [1.29, 1.82) is 0 Å². The number of hydrogen-bond donors (Lipinski definition) is 2. The summed E-state index contributed by atoms with van der Waals surface area (Å²) in [7, 11) is 0. The summed E-state index contributed by atoms with van der Waals surface area (Å²) < 4.78 is 5.32. The van der Waals surface area contributed by atoms with Crippen LogP contribution in [0.25, 0.3) is 0 Å². The van der Waals surface area contributed by atoms with E-state index in [1.807, 2.05) is 4.90 Å². The van der Waals surface area contributed by atoms with Crippen LogP contribution in [-0.2, 0) is 9.53 Å². The van der Waals surface area contributed by atoms with E-state index in [1.54, 1.807) is 0 Å². The number of likely N-dealkylation sites (tertiary alicyclic amines) is 1. The van der Waals surface area contributed by atoms with Crippen LogP contribution in [0.1, 0.15) is 25.7 Å². The Morgan fingerprint density at radius 2 is 1.86 bits per heavy atom. The second-order valence-corrected chi connectivity index (χ2v) is 5.88. The van der Waals surface area contributed by atoms with Gasteiger partial charge in [-0.15, -0.1) is 0 Å². The van der Waals surface area contributed by atoms with Crippen LogP contribution in [0, 0.1) is 0 Å². The van der Waals surface area contributed by atoms with E-state index in [1.165, 1.54) is 6.42 Å². The SMILES string of the molecule is NC(=NCC(=O)N1CCCCC1)NCCCN1CCOCC1. The summed E-state index contributed by atoms with van der Waals surface area (Å²) >= 11 is 0. The van der Waals surface area contributed by atoms with Gasteiger partial charge in [-0.3, -0.25) is 9.69 Å². The van der Waals surface area contributed by atoms with Crippen LogP contribution < -0.4 is 11.1 Å². The molecule has 2 aliphatic heterocycles. The number of aliphatic imine (C=N–C) groups is 1. The average Bonchev–Trinajstić information content (AvgIpc) is 2.58. The van der Waals surface area contributed by atoms with Gasteiger partial charge in [-0.2, -0.15) is 0 Å². The Hall–Kier alpha value is -1.34. The van der Waals surface area contributed by atoms with Gasteiger partial charge in [-0.25, -0.2) is 4.99 Å². The molecule has 0 atom stereocenters. The van der Waals surface area contributed by atoms with Gasteiger partial charge in [0.1, 0.15) is 6.54 Å². The minimum absolute atomic E-state index is 0.0813. The smallest absolute Gasteiger partial charge is 0.244 e. The maximum absolute atomic E-state index is 12.0. The molecular weight excluding hydrogens is 282 g/mol. The number of rotatable bonds is 6. The first-order valence-electron chi connectivity index (χ1n) is 8.37. The zero-order valence-corrected chi connectivity index (χ0v) is 13.4.